The smallest absolute Gasteiger partial charge is 0.126 e. The van der Waals surface area contributed by atoms with Gasteiger partial charge in [0.25, 0.3) is 0 Å². The minimum Gasteiger partial charge on any atom is -0.496 e. The van der Waals surface area contributed by atoms with Crippen LogP contribution in [0.15, 0.2) is 36.4 Å². The van der Waals surface area contributed by atoms with Crippen molar-refractivity contribution in [2.45, 2.75) is 20.0 Å². The monoisotopic (exact) mass is 290 g/mol. The van der Waals surface area contributed by atoms with Gasteiger partial charge in [-0.25, -0.2) is 4.39 Å². The summed E-state index contributed by atoms with van der Waals surface area (Å²) in [5.74, 6) is 0.870. The van der Waals surface area contributed by atoms with E-state index in [1.165, 1.54) is 6.07 Å². The van der Waals surface area contributed by atoms with Gasteiger partial charge in [0, 0.05) is 5.56 Å². The summed E-state index contributed by atoms with van der Waals surface area (Å²) < 4.78 is 24.0. The Morgan fingerprint density at radius 2 is 1.90 bits per heavy atom. The summed E-state index contributed by atoms with van der Waals surface area (Å²) in [5.41, 5.74) is 2.22. The van der Waals surface area contributed by atoms with Crippen molar-refractivity contribution in [3.63, 3.8) is 0 Å². The van der Waals surface area contributed by atoms with E-state index in [0.29, 0.717) is 22.6 Å². The number of hydrogen-bond acceptors (Lipinski definition) is 3. The molecule has 0 heterocycles. The Kier molecular flexibility index (Phi) is 4.81. The average molecular weight is 290 g/mol. The fraction of sp³-hybridized carbons (Fsp3) is 0.294. The zero-order chi connectivity index (χ0) is 15.4. The Bertz CT molecular complexity index is 625. The van der Waals surface area contributed by atoms with Gasteiger partial charge in [-0.3, -0.25) is 0 Å². The standard InChI is InChI=1S/C17H19FO3/c1-11-4-7-17(20-3)14(8-11)16(19)10-21-13-5-6-15(18)12(2)9-13/h4-9,16,19H,10H2,1-3H3. The molecule has 0 spiro atoms. The maximum atomic E-state index is 13.2. The Morgan fingerprint density at radius 3 is 2.57 bits per heavy atom. The van der Waals surface area contributed by atoms with Crippen molar-refractivity contribution in [3.8, 4) is 11.5 Å². The topological polar surface area (TPSA) is 38.7 Å². The number of halogens is 1. The van der Waals surface area contributed by atoms with Gasteiger partial charge in [0.15, 0.2) is 0 Å². The van der Waals surface area contributed by atoms with Crippen LogP contribution in [0.2, 0.25) is 0 Å². The first-order valence-corrected chi connectivity index (χ1v) is 6.73. The molecular weight excluding hydrogens is 271 g/mol. The van der Waals surface area contributed by atoms with E-state index in [2.05, 4.69) is 0 Å². The minimum absolute atomic E-state index is 0.0743. The lowest BCUT2D eigenvalue weighted by molar-refractivity contribution is 0.105. The summed E-state index contributed by atoms with van der Waals surface area (Å²) in [4.78, 5) is 0. The third-order valence-electron chi connectivity index (χ3n) is 3.28. The third kappa shape index (κ3) is 3.73. The fourth-order valence-electron chi connectivity index (χ4n) is 2.09. The van der Waals surface area contributed by atoms with Crippen molar-refractivity contribution in [2.75, 3.05) is 13.7 Å². The van der Waals surface area contributed by atoms with Gasteiger partial charge in [0.05, 0.1) is 7.11 Å². The minimum atomic E-state index is -0.815. The van der Waals surface area contributed by atoms with Gasteiger partial charge < -0.3 is 14.6 Å². The van der Waals surface area contributed by atoms with E-state index in [-0.39, 0.29) is 12.4 Å². The fourth-order valence-corrected chi connectivity index (χ4v) is 2.09. The molecule has 0 aromatic heterocycles. The van der Waals surface area contributed by atoms with E-state index in [1.54, 1.807) is 26.2 Å². The van der Waals surface area contributed by atoms with Crippen molar-refractivity contribution in [3.05, 3.63) is 58.9 Å². The van der Waals surface area contributed by atoms with Gasteiger partial charge in [0.2, 0.25) is 0 Å². The van der Waals surface area contributed by atoms with Gasteiger partial charge in [-0.1, -0.05) is 11.6 Å². The zero-order valence-corrected chi connectivity index (χ0v) is 12.4. The highest BCUT2D eigenvalue weighted by Gasteiger charge is 2.14. The molecule has 1 N–H and O–H groups in total. The first-order chi connectivity index (χ1) is 10.0. The second kappa shape index (κ2) is 6.59. The molecule has 1 unspecified atom stereocenters. The number of hydrogen-bond donors (Lipinski definition) is 1. The number of aliphatic hydroxyl groups is 1. The molecule has 3 nitrogen and oxygen atoms in total. The van der Waals surface area contributed by atoms with E-state index in [4.69, 9.17) is 9.47 Å². The molecule has 112 valence electrons. The normalized spacial score (nSPS) is 12.0. The lowest BCUT2D eigenvalue weighted by atomic mass is 10.1. The van der Waals surface area contributed by atoms with Gasteiger partial charge in [0.1, 0.15) is 30.0 Å². The summed E-state index contributed by atoms with van der Waals surface area (Å²) in [5, 5.41) is 10.3. The van der Waals surface area contributed by atoms with Crippen molar-refractivity contribution < 1.29 is 19.0 Å². The highest BCUT2D eigenvalue weighted by molar-refractivity contribution is 5.38. The highest BCUT2D eigenvalue weighted by Crippen LogP contribution is 2.27. The molecule has 4 heteroatoms. The Balaban J connectivity index is 2.09. The average Bonchev–Trinajstić information content (AvgIpc) is 2.48. The van der Waals surface area contributed by atoms with Crippen LogP contribution in [0.4, 0.5) is 4.39 Å². The van der Waals surface area contributed by atoms with Gasteiger partial charge in [-0.15, -0.1) is 0 Å². The summed E-state index contributed by atoms with van der Waals surface area (Å²) in [7, 11) is 1.56. The van der Waals surface area contributed by atoms with E-state index < -0.39 is 6.10 Å². The molecule has 0 aliphatic rings. The van der Waals surface area contributed by atoms with Crippen LogP contribution in [0, 0.1) is 19.7 Å². The molecule has 2 aromatic rings. The third-order valence-corrected chi connectivity index (χ3v) is 3.28. The summed E-state index contributed by atoms with van der Waals surface area (Å²) in [6.07, 6.45) is -0.815. The van der Waals surface area contributed by atoms with Gasteiger partial charge in [-0.2, -0.15) is 0 Å². The molecular formula is C17H19FO3. The van der Waals surface area contributed by atoms with Crippen LogP contribution in [0.5, 0.6) is 11.5 Å². The Morgan fingerprint density at radius 1 is 1.14 bits per heavy atom. The van der Waals surface area contributed by atoms with Crippen LogP contribution >= 0.6 is 0 Å². The molecule has 0 saturated carbocycles. The Labute approximate surface area is 124 Å². The highest BCUT2D eigenvalue weighted by atomic mass is 19.1. The van der Waals surface area contributed by atoms with Crippen molar-refractivity contribution in [1.29, 1.82) is 0 Å². The molecule has 0 aliphatic carbocycles. The molecule has 0 amide bonds. The van der Waals surface area contributed by atoms with E-state index in [0.717, 1.165) is 5.56 Å². The van der Waals surface area contributed by atoms with Crippen LogP contribution in [0.3, 0.4) is 0 Å². The van der Waals surface area contributed by atoms with Crippen LogP contribution in [0.1, 0.15) is 22.8 Å². The number of methoxy groups -OCH3 is 1. The van der Waals surface area contributed by atoms with Gasteiger partial charge in [-0.05, 0) is 49.7 Å². The predicted molar refractivity (Wildman–Crippen MR) is 79.3 cm³/mol. The van der Waals surface area contributed by atoms with Crippen LogP contribution < -0.4 is 9.47 Å². The van der Waals surface area contributed by atoms with Crippen molar-refractivity contribution in [2.24, 2.45) is 0 Å². The SMILES string of the molecule is COc1ccc(C)cc1C(O)COc1ccc(F)c(C)c1. The van der Waals surface area contributed by atoms with Crippen LogP contribution in [-0.2, 0) is 0 Å². The lowest BCUT2D eigenvalue weighted by Crippen LogP contribution is -2.11. The molecule has 0 aliphatic heterocycles. The van der Waals surface area contributed by atoms with Crippen molar-refractivity contribution in [1.82, 2.24) is 0 Å². The summed E-state index contributed by atoms with van der Waals surface area (Å²) in [6.45, 7) is 3.69. The number of aryl methyl sites for hydroxylation is 2. The van der Waals surface area contributed by atoms with Crippen molar-refractivity contribution >= 4 is 0 Å². The lowest BCUT2D eigenvalue weighted by Gasteiger charge is -2.16. The molecule has 21 heavy (non-hydrogen) atoms. The first kappa shape index (κ1) is 15.3. The van der Waals surface area contributed by atoms with E-state index in [9.17, 15) is 9.50 Å². The zero-order valence-electron chi connectivity index (χ0n) is 12.4. The maximum Gasteiger partial charge on any atom is 0.126 e. The van der Waals surface area contributed by atoms with Gasteiger partial charge >= 0.3 is 0 Å². The number of rotatable bonds is 5. The summed E-state index contributed by atoms with van der Waals surface area (Å²) >= 11 is 0. The predicted octanol–water partition coefficient (Wildman–Crippen LogP) is 3.56. The molecule has 0 radical (unpaired) electrons. The van der Waals surface area contributed by atoms with Crippen LogP contribution in [-0.4, -0.2) is 18.8 Å². The molecule has 0 bridgehead atoms. The second-order valence-corrected chi connectivity index (χ2v) is 4.98. The number of ether oxygens (including phenoxy) is 2. The summed E-state index contributed by atoms with van der Waals surface area (Å²) in [6, 6.07) is 10.1. The first-order valence-electron chi connectivity index (χ1n) is 6.73. The number of benzene rings is 2. The maximum absolute atomic E-state index is 13.2. The molecule has 1 atom stereocenters. The van der Waals surface area contributed by atoms with E-state index >= 15 is 0 Å². The second-order valence-electron chi connectivity index (χ2n) is 4.98. The van der Waals surface area contributed by atoms with E-state index in [1.807, 2.05) is 25.1 Å². The van der Waals surface area contributed by atoms with Crippen LogP contribution in [0.25, 0.3) is 0 Å². The molecule has 2 aromatic carbocycles. The quantitative estimate of drug-likeness (QED) is 0.915. The molecule has 2 rings (SSSR count). The molecule has 0 fully saturated rings. The Hall–Kier alpha value is -2.07. The molecule has 0 saturated heterocycles. The largest absolute Gasteiger partial charge is 0.496 e. The number of aliphatic hydroxyl groups excluding tert-OH is 1.